The van der Waals surface area contributed by atoms with Crippen LogP contribution in [-0.4, -0.2) is 29.9 Å². The van der Waals surface area contributed by atoms with Gasteiger partial charge in [0.15, 0.2) is 0 Å². The Morgan fingerprint density at radius 3 is 1.66 bits per heavy atom. The van der Waals surface area contributed by atoms with E-state index in [0.717, 1.165) is 25.1 Å². The molecule has 0 bridgehead atoms. The molecule has 2 aliphatic heterocycles. The number of carbonyl (C=O) groups excluding carboxylic acids is 1. The van der Waals surface area contributed by atoms with Crippen LogP contribution in [-0.2, 0) is 10.3 Å². The first-order valence-corrected chi connectivity index (χ1v) is 14.7. The van der Waals surface area contributed by atoms with Crippen molar-refractivity contribution in [3.63, 3.8) is 0 Å². The zero-order valence-electron chi connectivity index (χ0n) is 23.1. The topological polar surface area (TPSA) is 23.6 Å². The molecule has 0 spiro atoms. The second-order valence-electron chi connectivity index (χ2n) is 11.1. The van der Waals surface area contributed by atoms with Crippen LogP contribution in [0.5, 0.6) is 0 Å². The molecule has 7 rings (SSSR count). The average molecular weight is 535 g/mol. The van der Waals surface area contributed by atoms with Crippen LogP contribution < -0.4 is 4.90 Å². The molecule has 2 atom stereocenters. The van der Waals surface area contributed by atoms with E-state index in [2.05, 4.69) is 155 Å². The van der Waals surface area contributed by atoms with Gasteiger partial charge in [0, 0.05) is 24.7 Å². The quantitative estimate of drug-likeness (QED) is 0.209. The molecule has 2 aliphatic rings. The highest BCUT2D eigenvalue weighted by molar-refractivity contribution is 6.00. The lowest BCUT2D eigenvalue weighted by atomic mass is 9.75. The lowest BCUT2D eigenvalue weighted by Crippen LogP contribution is -2.55. The Hall–Kier alpha value is -4.47. The van der Waals surface area contributed by atoms with Gasteiger partial charge in [-0.3, -0.25) is 9.69 Å². The van der Waals surface area contributed by atoms with Gasteiger partial charge >= 0.3 is 0 Å². The predicted octanol–water partition coefficient (Wildman–Crippen LogP) is 7.62. The molecule has 5 aromatic rings. The molecule has 0 radical (unpaired) electrons. The third kappa shape index (κ3) is 4.29. The average Bonchev–Trinajstić information content (AvgIpc) is 3.70. The number of amides is 1. The normalized spacial score (nSPS) is 18.8. The minimum atomic E-state index is -0.599. The standard InChI is InChI=1S/C38H34N2O/c41-37(39-28-34(29-16-5-1-6-17-29)33-24-13-14-25-35(33)39)36-26-15-27-40(36)38(30-18-7-2-8-19-30,31-20-9-3-10-21-31)32-22-11-4-12-23-32/h1-14,16-25,34,36H,15,26-28H2/t34?,36-/m0/s1. The van der Waals surface area contributed by atoms with Crippen LogP contribution in [0.3, 0.4) is 0 Å². The van der Waals surface area contributed by atoms with Crippen LogP contribution in [0, 0.1) is 0 Å². The molecule has 41 heavy (non-hydrogen) atoms. The fourth-order valence-electron chi connectivity index (χ4n) is 7.23. The minimum absolute atomic E-state index is 0.174. The van der Waals surface area contributed by atoms with E-state index in [9.17, 15) is 4.79 Å². The van der Waals surface area contributed by atoms with Crippen molar-refractivity contribution in [1.82, 2.24) is 4.90 Å². The molecule has 1 unspecified atom stereocenters. The van der Waals surface area contributed by atoms with Gasteiger partial charge in [0.05, 0.1) is 11.6 Å². The molecule has 2 heterocycles. The molecule has 0 N–H and O–H groups in total. The summed E-state index contributed by atoms with van der Waals surface area (Å²) in [5.74, 6) is 0.369. The first-order valence-electron chi connectivity index (χ1n) is 14.7. The Kier molecular flexibility index (Phi) is 6.74. The summed E-state index contributed by atoms with van der Waals surface area (Å²) in [7, 11) is 0. The molecule has 1 amide bonds. The monoisotopic (exact) mass is 534 g/mol. The van der Waals surface area contributed by atoms with Gasteiger partial charge in [-0.05, 0) is 46.7 Å². The Bertz CT molecular complexity index is 1520. The Labute approximate surface area is 242 Å². The van der Waals surface area contributed by atoms with E-state index in [-0.39, 0.29) is 17.9 Å². The molecule has 0 aromatic heterocycles. The van der Waals surface area contributed by atoms with Gasteiger partial charge in [0.25, 0.3) is 0 Å². The number of benzene rings is 5. The molecule has 0 saturated carbocycles. The van der Waals surface area contributed by atoms with Crippen molar-refractivity contribution in [2.75, 3.05) is 18.0 Å². The van der Waals surface area contributed by atoms with E-state index >= 15 is 0 Å². The highest BCUT2D eigenvalue weighted by Crippen LogP contribution is 2.47. The van der Waals surface area contributed by atoms with E-state index < -0.39 is 5.54 Å². The molecule has 202 valence electrons. The molecule has 1 saturated heterocycles. The number of para-hydroxylation sites is 1. The summed E-state index contributed by atoms with van der Waals surface area (Å²) in [6, 6.07) is 51.0. The number of rotatable bonds is 6. The summed E-state index contributed by atoms with van der Waals surface area (Å²) in [6.45, 7) is 1.51. The Morgan fingerprint density at radius 1 is 0.610 bits per heavy atom. The summed E-state index contributed by atoms with van der Waals surface area (Å²) in [5.41, 5.74) is 6.48. The van der Waals surface area contributed by atoms with Crippen LogP contribution in [0.4, 0.5) is 5.69 Å². The maximum atomic E-state index is 14.8. The number of carbonyl (C=O) groups is 1. The summed E-state index contributed by atoms with van der Waals surface area (Å²) >= 11 is 0. The van der Waals surface area contributed by atoms with E-state index in [1.807, 2.05) is 0 Å². The maximum absolute atomic E-state index is 14.8. The van der Waals surface area contributed by atoms with Gasteiger partial charge in [0.1, 0.15) is 0 Å². The van der Waals surface area contributed by atoms with E-state index in [1.54, 1.807) is 0 Å². The van der Waals surface area contributed by atoms with Gasteiger partial charge in [-0.2, -0.15) is 0 Å². The third-order valence-corrected chi connectivity index (χ3v) is 8.98. The van der Waals surface area contributed by atoms with Crippen LogP contribution in [0.2, 0.25) is 0 Å². The number of anilines is 1. The molecule has 1 fully saturated rings. The molecule has 5 aromatic carbocycles. The zero-order chi connectivity index (χ0) is 27.6. The minimum Gasteiger partial charge on any atom is -0.310 e. The van der Waals surface area contributed by atoms with Crippen molar-refractivity contribution in [1.29, 1.82) is 0 Å². The van der Waals surface area contributed by atoms with Crippen LogP contribution in [0.15, 0.2) is 146 Å². The van der Waals surface area contributed by atoms with Crippen molar-refractivity contribution in [2.45, 2.75) is 30.3 Å². The smallest absolute Gasteiger partial charge is 0.244 e. The number of nitrogens with zero attached hydrogens (tertiary/aromatic N) is 2. The highest BCUT2D eigenvalue weighted by atomic mass is 16.2. The van der Waals surface area contributed by atoms with Crippen LogP contribution in [0.25, 0.3) is 0 Å². The van der Waals surface area contributed by atoms with Gasteiger partial charge in [0.2, 0.25) is 5.91 Å². The van der Waals surface area contributed by atoms with Crippen molar-refractivity contribution in [3.8, 4) is 0 Å². The largest absolute Gasteiger partial charge is 0.310 e. The highest BCUT2D eigenvalue weighted by Gasteiger charge is 2.50. The number of fused-ring (bicyclic) bond motifs is 1. The lowest BCUT2D eigenvalue weighted by molar-refractivity contribution is -0.124. The van der Waals surface area contributed by atoms with Gasteiger partial charge in [-0.1, -0.05) is 140 Å². The van der Waals surface area contributed by atoms with Gasteiger partial charge < -0.3 is 4.90 Å². The fraction of sp³-hybridized carbons (Fsp3) is 0.184. The van der Waals surface area contributed by atoms with E-state index in [0.29, 0.717) is 6.54 Å². The fourth-order valence-corrected chi connectivity index (χ4v) is 7.23. The van der Waals surface area contributed by atoms with E-state index in [4.69, 9.17) is 0 Å². The summed E-state index contributed by atoms with van der Waals surface area (Å²) in [6.07, 6.45) is 1.81. The van der Waals surface area contributed by atoms with Gasteiger partial charge in [-0.15, -0.1) is 0 Å². The lowest BCUT2D eigenvalue weighted by Gasteiger charge is -2.46. The first-order chi connectivity index (χ1) is 20.3. The molecule has 0 aliphatic carbocycles. The Morgan fingerprint density at radius 2 is 1.10 bits per heavy atom. The summed E-state index contributed by atoms with van der Waals surface area (Å²) in [4.78, 5) is 19.4. The molecular weight excluding hydrogens is 500 g/mol. The summed E-state index contributed by atoms with van der Waals surface area (Å²) in [5, 5.41) is 0. The zero-order valence-corrected chi connectivity index (χ0v) is 23.1. The van der Waals surface area contributed by atoms with Crippen molar-refractivity contribution in [3.05, 3.63) is 173 Å². The maximum Gasteiger partial charge on any atom is 0.244 e. The number of likely N-dealkylation sites (tertiary alicyclic amines) is 1. The summed E-state index contributed by atoms with van der Waals surface area (Å²) < 4.78 is 0. The SMILES string of the molecule is O=C([C@@H]1CCCN1C(c1ccccc1)(c1ccccc1)c1ccccc1)N1CC(c2ccccc2)c2ccccc21. The molecule has 3 heteroatoms. The second-order valence-corrected chi connectivity index (χ2v) is 11.1. The van der Waals surface area contributed by atoms with Crippen LogP contribution in [0.1, 0.15) is 46.6 Å². The van der Waals surface area contributed by atoms with Crippen molar-refractivity contribution >= 4 is 11.6 Å². The Balaban J connectivity index is 1.36. The molecular formula is C38H34N2O. The van der Waals surface area contributed by atoms with Crippen molar-refractivity contribution in [2.24, 2.45) is 0 Å². The van der Waals surface area contributed by atoms with Crippen LogP contribution >= 0.6 is 0 Å². The molecule has 3 nitrogen and oxygen atoms in total. The predicted molar refractivity (Wildman–Crippen MR) is 166 cm³/mol. The van der Waals surface area contributed by atoms with Gasteiger partial charge in [-0.25, -0.2) is 0 Å². The third-order valence-electron chi connectivity index (χ3n) is 8.98. The number of hydrogen-bond donors (Lipinski definition) is 0. The second kappa shape index (κ2) is 10.8. The van der Waals surface area contributed by atoms with Crippen molar-refractivity contribution < 1.29 is 4.79 Å². The number of hydrogen-bond acceptors (Lipinski definition) is 2. The van der Waals surface area contributed by atoms with E-state index in [1.165, 1.54) is 27.8 Å². The first kappa shape index (κ1) is 25.5.